The fraction of sp³-hybridized carbons (Fsp3) is 0.360. The number of methoxy groups -OCH3 is 1. The van der Waals surface area contributed by atoms with Crippen molar-refractivity contribution in [3.05, 3.63) is 66.5 Å². The van der Waals surface area contributed by atoms with Gasteiger partial charge in [-0.1, -0.05) is 24.3 Å². The number of aromatic nitrogens is 2. The third-order valence-corrected chi connectivity index (χ3v) is 5.77. The Labute approximate surface area is 194 Å². The standard InChI is InChI=1S/C25H31N5O3/c1-32-24-5-2-4-20(16-24)19-30(11-3-10-29-12-14-33-15-13-29)25(31)28-23-8-6-21(7-9-23)22-17-26-27-18-22/h2,4-9,16-18H,3,10-15,19H2,1H3,(H,26,27)(H,28,31). The molecule has 0 atom stereocenters. The van der Waals surface area contributed by atoms with E-state index in [0.717, 1.165) is 67.4 Å². The molecule has 8 heteroatoms. The molecule has 0 unspecified atom stereocenters. The van der Waals surface area contributed by atoms with Crippen LogP contribution in [0.3, 0.4) is 0 Å². The number of urea groups is 1. The minimum Gasteiger partial charge on any atom is -0.497 e. The molecule has 2 amide bonds. The van der Waals surface area contributed by atoms with E-state index in [1.54, 1.807) is 13.3 Å². The van der Waals surface area contributed by atoms with Gasteiger partial charge in [0, 0.05) is 50.2 Å². The van der Waals surface area contributed by atoms with E-state index < -0.39 is 0 Å². The summed E-state index contributed by atoms with van der Waals surface area (Å²) in [5.74, 6) is 0.788. The second-order valence-corrected chi connectivity index (χ2v) is 8.08. The summed E-state index contributed by atoms with van der Waals surface area (Å²) in [7, 11) is 1.65. The molecule has 2 heterocycles. The molecule has 0 radical (unpaired) electrons. The molecule has 1 aliphatic rings. The highest BCUT2D eigenvalue weighted by atomic mass is 16.5. The van der Waals surface area contributed by atoms with Gasteiger partial charge in [0.2, 0.25) is 0 Å². The lowest BCUT2D eigenvalue weighted by atomic mass is 10.1. The summed E-state index contributed by atoms with van der Waals surface area (Å²) in [5.41, 5.74) is 3.85. The van der Waals surface area contributed by atoms with Gasteiger partial charge in [-0.15, -0.1) is 0 Å². The summed E-state index contributed by atoms with van der Waals surface area (Å²) in [6, 6.07) is 15.5. The van der Waals surface area contributed by atoms with Gasteiger partial charge in [0.15, 0.2) is 0 Å². The third-order valence-electron chi connectivity index (χ3n) is 5.77. The molecular formula is C25H31N5O3. The SMILES string of the molecule is COc1cccc(CN(CCCN2CCOCC2)C(=O)Nc2ccc(-c3cn[nH]c3)cc2)c1. The number of anilines is 1. The zero-order valence-corrected chi connectivity index (χ0v) is 19.0. The summed E-state index contributed by atoms with van der Waals surface area (Å²) in [6.07, 6.45) is 4.52. The molecule has 174 valence electrons. The molecule has 8 nitrogen and oxygen atoms in total. The summed E-state index contributed by atoms with van der Waals surface area (Å²) in [6.45, 7) is 5.58. The van der Waals surface area contributed by atoms with Gasteiger partial charge in [-0.05, 0) is 41.8 Å². The number of aromatic amines is 1. The van der Waals surface area contributed by atoms with E-state index in [-0.39, 0.29) is 6.03 Å². The average Bonchev–Trinajstić information content (AvgIpc) is 3.40. The highest BCUT2D eigenvalue weighted by Gasteiger charge is 2.16. The number of nitrogens with zero attached hydrogens (tertiary/aromatic N) is 3. The Morgan fingerprint density at radius 3 is 2.73 bits per heavy atom. The predicted octanol–water partition coefficient (Wildman–Crippen LogP) is 3.84. The van der Waals surface area contributed by atoms with E-state index in [2.05, 4.69) is 20.4 Å². The van der Waals surface area contributed by atoms with Crippen LogP contribution in [0.2, 0.25) is 0 Å². The van der Waals surface area contributed by atoms with E-state index in [0.29, 0.717) is 13.1 Å². The Kier molecular flexibility index (Phi) is 7.94. The minimum atomic E-state index is -0.115. The Morgan fingerprint density at radius 1 is 1.18 bits per heavy atom. The van der Waals surface area contributed by atoms with Gasteiger partial charge >= 0.3 is 6.03 Å². The zero-order chi connectivity index (χ0) is 22.9. The molecule has 1 aromatic heterocycles. The number of carbonyl (C=O) groups excluding carboxylic acids is 1. The van der Waals surface area contributed by atoms with Gasteiger partial charge in [0.1, 0.15) is 5.75 Å². The van der Waals surface area contributed by atoms with Crippen LogP contribution in [0.15, 0.2) is 60.9 Å². The first-order valence-electron chi connectivity index (χ1n) is 11.3. The van der Waals surface area contributed by atoms with Crippen LogP contribution in [-0.2, 0) is 11.3 Å². The molecule has 1 fully saturated rings. The molecule has 0 spiro atoms. The molecule has 3 aromatic rings. The largest absolute Gasteiger partial charge is 0.497 e. The molecule has 0 bridgehead atoms. The maximum atomic E-state index is 13.2. The van der Waals surface area contributed by atoms with Crippen molar-refractivity contribution < 1.29 is 14.3 Å². The van der Waals surface area contributed by atoms with Crippen LogP contribution in [0, 0.1) is 0 Å². The van der Waals surface area contributed by atoms with Crippen LogP contribution in [0.25, 0.3) is 11.1 Å². The number of benzene rings is 2. The first kappa shape index (κ1) is 22.8. The van der Waals surface area contributed by atoms with Crippen LogP contribution >= 0.6 is 0 Å². The molecule has 2 aromatic carbocycles. The van der Waals surface area contributed by atoms with Crippen molar-refractivity contribution in [2.75, 3.05) is 51.8 Å². The summed E-state index contributed by atoms with van der Waals surface area (Å²) in [4.78, 5) is 17.5. The molecule has 0 saturated carbocycles. The van der Waals surface area contributed by atoms with Crippen molar-refractivity contribution in [3.63, 3.8) is 0 Å². The summed E-state index contributed by atoms with van der Waals surface area (Å²) >= 11 is 0. The van der Waals surface area contributed by atoms with Crippen LogP contribution in [0.1, 0.15) is 12.0 Å². The lowest BCUT2D eigenvalue weighted by Crippen LogP contribution is -2.40. The third kappa shape index (κ3) is 6.57. The topological polar surface area (TPSA) is 82.7 Å². The van der Waals surface area contributed by atoms with Gasteiger partial charge < -0.3 is 19.7 Å². The van der Waals surface area contributed by atoms with Crippen LogP contribution in [0.4, 0.5) is 10.5 Å². The quantitative estimate of drug-likeness (QED) is 0.519. The molecule has 1 aliphatic heterocycles. The van der Waals surface area contributed by atoms with Crippen molar-refractivity contribution in [3.8, 4) is 16.9 Å². The van der Waals surface area contributed by atoms with Gasteiger partial charge in [-0.3, -0.25) is 10.00 Å². The Bertz CT molecular complexity index is 1000. The number of H-pyrrole nitrogens is 1. The lowest BCUT2D eigenvalue weighted by molar-refractivity contribution is 0.0365. The number of hydrogen-bond donors (Lipinski definition) is 2. The Hall–Kier alpha value is -3.36. The van der Waals surface area contributed by atoms with Crippen LogP contribution < -0.4 is 10.1 Å². The molecule has 2 N–H and O–H groups in total. The fourth-order valence-electron chi connectivity index (χ4n) is 3.91. The fourth-order valence-corrected chi connectivity index (χ4v) is 3.91. The normalized spacial score (nSPS) is 14.1. The van der Waals surface area contributed by atoms with Crippen LogP contribution in [0.5, 0.6) is 5.75 Å². The maximum Gasteiger partial charge on any atom is 0.322 e. The number of morpholine rings is 1. The number of nitrogens with one attached hydrogen (secondary N) is 2. The lowest BCUT2D eigenvalue weighted by Gasteiger charge is -2.28. The smallest absolute Gasteiger partial charge is 0.322 e. The molecular weight excluding hydrogens is 418 g/mol. The minimum absolute atomic E-state index is 0.115. The van der Waals surface area contributed by atoms with Crippen molar-refractivity contribution in [2.24, 2.45) is 0 Å². The van der Waals surface area contributed by atoms with Gasteiger partial charge in [0.05, 0.1) is 26.5 Å². The van der Waals surface area contributed by atoms with Crippen molar-refractivity contribution in [2.45, 2.75) is 13.0 Å². The van der Waals surface area contributed by atoms with E-state index in [1.165, 1.54) is 0 Å². The molecule has 0 aliphatic carbocycles. The summed E-state index contributed by atoms with van der Waals surface area (Å²) in [5, 5.41) is 9.86. The first-order chi connectivity index (χ1) is 16.2. The molecule has 33 heavy (non-hydrogen) atoms. The van der Waals surface area contributed by atoms with Gasteiger partial charge in [-0.25, -0.2) is 4.79 Å². The van der Waals surface area contributed by atoms with E-state index in [9.17, 15) is 4.79 Å². The monoisotopic (exact) mass is 449 g/mol. The molecule has 4 rings (SSSR count). The highest BCUT2D eigenvalue weighted by molar-refractivity contribution is 5.89. The van der Waals surface area contributed by atoms with Crippen molar-refractivity contribution >= 4 is 11.7 Å². The van der Waals surface area contributed by atoms with E-state index in [4.69, 9.17) is 9.47 Å². The van der Waals surface area contributed by atoms with Gasteiger partial charge in [0.25, 0.3) is 0 Å². The van der Waals surface area contributed by atoms with Crippen molar-refractivity contribution in [1.82, 2.24) is 20.0 Å². The highest BCUT2D eigenvalue weighted by Crippen LogP contribution is 2.21. The summed E-state index contributed by atoms with van der Waals surface area (Å²) < 4.78 is 10.8. The number of amides is 2. The Balaban J connectivity index is 1.40. The second-order valence-electron chi connectivity index (χ2n) is 8.08. The zero-order valence-electron chi connectivity index (χ0n) is 19.0. The number of ether oxygens (including phenoxy) is 2. The molecule has 1 saturated heterocycles. The first-order valence-corrected chi connectivity index (χ1v) is 11.3. The maximum absolute atomic E-state index is 13.2. The predicted molar refractivity (Wildman–Crippen MR) is 128 cm³/mol. The Morgan fingerprint density at radius 2 is 2.00 bits per heavy atom. The average molecular weight is 450 g/mol. The van der Waals surface area contributed by atoms with Crippen LogP contribution in [-0.4, -0.2) is 72.5 Å². The van der Waals surface area contributed by atoms with E-state index >= 15 is 0 Å². The van der Waals surface area contributed by atoms with Gasteiger partial charge in [-0.2, -0.15) is 5.10 Å². The number of hydrogen-bond acceptors (Lipinski definition) is 5. The number of rotatable bonds is 9. The second kappa shape index (κ2) is 11.5. The number of carbonyl (C=O) groups is 1. The van der Waals surface area contributed by atoms with E-state index in [1.807, 2.05) is 59.6 Å². The van der Waals surface area contributed by atoms with Crippen molar-refractivity contribution in [1.29, 1.82) is 0 Å².